The first-order valence-corrected chi connectivity index (χ1v) is 4.68. The van der Waals surface area contributed by atoms with E-state index in [1.54, 1.807) is 6.92 Å². The van der Waals surface area contributed by atoms with Crippen LogP contribution in [0.15, 0.2) is 12.3 Å². The lowest BCUT2D eigenvalue weighted by atomic mass is 10.2. The molecule has 8 heteroatoms. The number of aromatic amines is 2. The molecule has 0 aliphatic rings. The molecule has 0 aliphatic carbocycles. The van der Waals surface area contributed by atoms with Crippen LogP contribution in [0.3, 0.4) is 0 Å². The van der Waals surface area contributed by atoms with Crippen molar-refractivity contribution in [2.24, 2.45) is 0 Å². The number of carboxylic acid groups (broad SMARTS) is 1. The lowest BCUT2D eigenvalue weighted by Crippen LogP contribution is -2.12. The van der Waals surface area contributed by atoms with Crippen LogP contribution in [0.4, 0.5) is 5.82 Å². The first-order chi connectivity index (χ1) is 8.08. The van der Waals surface area contributed by atoms with Crippen molar-refractivity contribution in [3.05, 3.63) is 29.2 Å². The highest BCUT2D eigenvalue weighted by molar-refractivity contribution is 6.04. The molecule has 88 valence electrons. The molecule has 0 saturated heterocycles. The zero-order chi connectivity index (χ0) is 12.4. The molecule has 0 aromatic carbocycles. The van der Waals surface area contributed by atoms with Crippen molar-refractivity contribution < 1.29 is 14.7 Å². The van der Waals surface area contributed by atoms with Gasteiger partial charge in [-0.05, 0) is 6.92 Å². The third-order valence-electron chi connectivity index (χ3n) is 2.12. The maximum absolute atomic E-state index is 11.7. The third-order valence-corrected chi connectivity index (χ3v) is 2.12. The maximum Gasteiger partial charge on any atom is 0.353 e. The van der Waals surface area contributed by atoms with E-state index >= 15 is 0 Å². The summed E-state index contributed by atoms with van der Waals surface area (Å²) in [6.45, 7) is 1.70. The first-order valence-electron chi connectivity index (χ1n) is 4.68. The Kier molecular flexibility index (Phi) is 2.61. The number of hydrogen-bond acceptors (Lipinski definition) is 4. The van der Waals surface area contributed by atoms with Crippen LogP contribution in [-0.4, -0.2) is 37.4 Å². The second kappa shape index (κ2) is 4.08. The van der Waals surface area contributed by atoms with Crippen molar-refractivity contribution in [1.29, 1.82) is 0 Å². The van der Waals surface area contributed by atoms with Gasteiger partial charge in [-0.15, -0.1) is 0 Å². The number of anilines is 1. The normalized spacial score (nSPS) is 10.2. The second-order valence-electron chi connectivity index (χ2n) is 3.33. The minimum atomic E-state index is -1.14. The molecule has 0 radical (unpaired) electrons. The zero-order valence-electron chi connectivity index (χ0n) is 8.81. The Morgan fingerprint density at radius 2 is 2.18 bits per heavy atom. The third kappa shape index (κ3) is 2.14. The second-order valence-corrected chi connectivity index (χ2v) is 3.33. The van der Waals surface area contributed by atoms with E-state index < -0.39 is 11.9 Å². The molecule has 17 heavy (non-hydrogen) atoms. The van der Waals surface area contributed by atoms with Crippen LogP contribution in [0.5, 0.6) is 0 Å². The number of hydrogen-bond donors (Lipinski definition) is 4. The predicted molar refractivity (Wildman–Crippen MR) is 56.8 cm³/mol. The number of rotatable bonds is 3. The van der Waals surface area contributed by atoms with E-state index in [1.165, 1.54) is 12.3 Å². The van der Waals surface area contributed by atoms with E-state index in [2.05, 4.69) is 25.7 Å². The van der Waals surface area contributed by atoms with Crippen molar-refractivity contribution in [3.63, 3.8) is 0 Å². The average molecular weight is 235 g/mol. The van der Waals surface area contributed by atoms with Crippen LogP contribution in [0.1, 0.15) is 26.5 Å². The van der Waals surface area contributed by atoms with E-state index in [0.29, 0.717) is 11.3 Å². The summed E-state index contributed by atoms with van der Waals surface area (Å²) in [6, 6.07) is 1.23. The molecular weight excluding hydrogens is 226 g/mol. The Hall–Kier alpha value is -2.64. The maximum atomic E-state index is 11.7. The molecule has 0 bridgehead atoms. The summed E-state index contributed by atoms with van der Waals surface area (Å²) in [5.41, 5.74) is 0.908. The molecule has 0 aliphatic heterocycles. The minimum Gasteiger partial charge on any atom is -0.477 e. The van der Waals surface area contributed by atoms with Gasteiger partial charge in [0.15, 0.2) is 5.82 Å². The molecule has 0 spiro atoms. The van der Waals surface area contributed by atoms with Gasteiger partial charge in [-0.2, -0.15) is 10.2 Å². The van der Waals surface area contributed by atoms with Gasteiger partial charge in [-0.25, -0.2) is 4.79 Å². The smallest absolute Gasteiger partial charge is 0.353 e. The van der Waals surface area contributed by atoms with Gasteiger partial charge in [0.05, 0.1) is 11.8 Å². The van der Waals surface area contributed by atoms with Crippen molar-refractivity contribution in [2.75, 3.05) is 5.32 Å². The van der Waals surface area contributed by atoms with Crippen molar-refractivity contribution in [3.8, 4) is 0 Å². The molecule has 0 saturated carbocycles. The number of carboxylic acids is 1. The van der Waals surface area contributed by atoms with Gasteiger partial charge in [0.1, 0.15) is 5.69 Å². The van der Waals surface area contributed by atoms with Crippen molar-refractivity contribution in [1.82, 2.24) is 20.4 Å². The Morgan fingerprint density at radius 1 is 1.41 bits per heavy atom. The largest absolute Gasteiger partial charge is 0.477 e. The fraction of sp³-hybridized carbons (Fsp3) is 0.111. The van der Waals surface area contributed by atoms with Gasteiger partial charge in [-0.3, -0.25) is 15.0 Å². The highest BCUT2D eigenvalue weighted by atomic mass is 16.4. The number of carbonyl (C=O) groups excluding carboxylic acids is 1. The van der Waals surface area contributed by atoms with E-state index in [0.717, 1.165) is 0 Å². The highest BCUT2D eigenvalue weighted by Crippen LogP contribution is 2.09. The molecule has 0 unspecified atom stereocenters. The van der Waals surface area contributed by atoms with Crippen molar-refractivity contribution >= 4 is 17.7 Å². The number of aromatic carboxylic acids is 1. The summed E-state index contributed by atoms with van der Waals surface area (Å²) < 4.78 is 0. The van der Waals surface area contributed by atoms with Gasteiger partial charge in [-0.1, -0.05) is 0 Å². The van der Waals surface area contributed by atoms with Gasteiger partial charge < -0.3 is 10.4 Å². The molecule has 2 rings (SSSR count). The van der Waals surface area contributed by atoms with Crippen LogP contribution in [0.2, 0.25) is 0 Å². The Balaban J connectivity index is 2.13. The minimum absolute atomic E-state index is 0.0933. The summed E-state index contributed by atoms with van der Waals surface area (Å²) in [5.74, 6) is -1.40. The van der Waals surface area contributed by atoms with Gasteiger partial charge in [0.25, 0.3) is 5.91 Å². The fourth-order valence-corrected chi connectivity index (χ4v) is 1.26. The summed E-state index contributed by atoms with van der Waals surface area (Å²) in [7, 11) is 0. The molecule has 8 nitrogen and oxygen atoms in total. The summed E-state index contributed by atoms with van der Waals surface area (Å²) in [5, 5.41) is 23.4. The molecule has 2 heterocycles. The summed E-state index contributed by atoms with van der Waals surface area (Å²) >= 11 is 0. The number of nitrogens with zero attached hydrogens (tertiary/aromatic N) is 2. The number of aromatic nitrogens is 4. The number of H-pyrrole nitrogens is 2. The average Bonchev–Trinajstić information content (AvgIpc) is 2.86. The predicted octanol–water partition coefficient (Wildman–Crippen LogP) is 0.392. The van der Waals surface area contributed by atoms with E-state index in [4.69, 9.17) is 5.11 Å². The Labute approximate surface area is 95.0 Å². The Bertz CT molecular complexity index is 571. The SMILES string of the molecule is Cc1[nH]ncc1C(=O)Nc1cc(C(=O)O)[nH]n1. The first kappa shape index (κ1) is 10.9. The standard InChI is InChI=1S/C9H9N5O3/c1-4-5(3-10-12-4)8(15)11-7-2-6(9(16)17)13-14-7/h2-3H,1H3,(H,10,12)(H,16,17)(H2,11,13,14,15). The van der Waals surface area contributed by atoms with Crippen LogP contribution in [-0.2, 0) is 0 Å². The van der Waals surface area contributed by atoms with Gasteiger partial charge in [0.2, 0.25) is 0 Å². The van der Waals surface area contributed by atoms with Crippen LogP contribution in [0, 0.1) is 6.92 Å². The Morgan fingerprint density at radius 3 is 2.71 bits per heavy atom. The van der Waals surface area contributed by atoms with E-state index in [1.807, 2.05) is 0 Å². The molecule has 0 fully saturated rings. The van der Waals surface area contributed by atoms with Crippen molar-refractivity contribution in [2.45, 2.75) is 6.92 Å². The monoisotopic (exact) mass is 235 g/mol. The molecule has 4 N–H and O–H groups in total. The zero-order valence-corrected chi connectivity index (χ0v) is 8.81. The lowest BCUT2D eigenvalue weighted by Gasteiger charge is -1.98. The number of nitrogens with one attached hydrogen (secondary N) is 3. The highest BCUT2D eigenvalue weighted by Gasteiger charge is 2.14. The number of carbonyl (C=O) groups is 2. The van der Waals surface area contributed by atoms with Gasteiger partial charge >= 0.3 is 5.97 Å². The van der Waals surface area contributed by atoms with E-state index in [9.17, 15) is 9.59 Å². The number of amides is 1. The molecule has 1 amide bonds. The summed E-state index contributed by atoms with van der Waals surface area (Å²) in [4.78, 5) is 22.3. The van der Waals surface area contributed by atoms with Crippen LogP contribution in [0.25, 0.3) is 0 Å². The topological polar surface area (TPSA) is 124 Å². The molecule has 2 aromatic rings. The lowest BCUT2D eigenvalue weighted by molar-refractivity contribution is 0.0690. The molecule has 2 aromatic heterocycles. The fourth-order valence-electron chi connectivity index (χ4n) is 1.26. The summed E-state index contributed by atoms with van der Waals surface area (Å²) in [6.07, 6.45) is 1.38. The quantitative estimate of drug-likeness (QED) is 0.612. The van der Waals surface area contributed by atoms with E-state index in [-0.39, 0.29) is 11.5 Å². The van der Waals surface area contributed by atoms with Gasteiger partial charge in [0, 0.05) is 11.8 Å². The molecular formula is C9H9N5O3. The van der Waals surface area contributed by atoms with Crippen LogP contribution >= 0.6 is 0 Å². The van der Waals surface area contributed by atoms with Crippen LogP contribution < -0.4 is 5.32 Å². The number of aryl methyl sites for hydroxylation is 1. The molecule has 0 atom stereocenters.